The minimum absolute atomic E-state index is 0.140. The van der Waals surface area contributed by atoms with E-state index >= 15 is 0 Å². The van der Waals surface area contributed by atoms with Gasteiger partial charge in [0, 0.05) is 17.9 Å². The molecule has 0 saturated carbocycles. The lowest BCUT2D eigenvalue weighted by molar-refractivity contribution is -0.132. The van der Waals surface area contributed by atoms with Crippen molar-refractivity contribution in [1.82, 2.24) is 14.6 Å². The predicted molar refractivity (Wildman–Crippen MR) is 126 cm³/mol. The number of amides is 1. The molecule has 4 rings (SSSR count). The van der Waals surface area contributed by atoms with Gasteiger partial charge >= 0.3 is 5.69 Å². The number of nitrogens with one attached hydrogen (secondary N) is 1. The highest BCUT2D eigenvalue weighted by Gasteiger charge is 2.35. The number of carbonyl (C=O) groups is 1. The van der Waals surface area contributed by atoms with E-state index in [9.17, 15) is 19.5 Å². The van der Waals surface area contributed by atoms with Gasteiger partial charge in [0.05, 0.1) is 17.4 Å². The average molecular weight is 467 g/mol. The summed E-state index contributed by atoms with van der Waals surface area (Å²) < 4.78 is 1.04. The minimum Gasteiger partial charge on any atom is -0.493 e. The Kier molecular flexibility index (Phi) is 5.95. The highest BCUT2D eigenvalue weighted by atomic mass is 35.5. The molecule has 1 aliphatic heterocycles. The summed E-state index contributed by atoms with van der Waals surface area (Å²) in [6.45, 7) is 5.47. The molecule has 0 spiro atoms. The monoisotopic (exact) mass is 466 g/mol. The number of carbonyl (C=O) groups excluding carboxylic acids is 1. The Hall–Kier alpha value is -3.65. The second kappa shape index (κ2) is 8.71. The number of aromatic amines is 1. The Morgan fingerprint density at radius 2 is 1.79 bits per heavy atom. The summed E-state index contributed by atoms with van der Waals surface area (Å²) in [6, 6.07) is 12.0. The van der Waals surface area contributed by atoms with Crippen LogP contribution in [0, 0.1) is 13.8 Å². The van der Waals surface area contributed by atoms with Gasteiger partial charge in [-0.05, 0) is 54.8 Å². The highest BCUT2D eigenvalue weighted by Crippen LogP contribution is 2.34. The number of halogens is 1. The van der Waals surface area contributed by atoms with Crippen LogP contribution in [0.2, 0.25) is 5.02 Å². The molecule has 0 saturated heterocycles. The van der Waals surface area contributed by atoms with Gasteiger partial charge in [0.25, 0.3) is 5.56 Å². The number of hydrogen-bond donors (Lipinski definition) is 2. The van der Waals surface area contributed by atoms with E-state index < -0.39 is 23.2 Å². The molecule has 2 N–H and O–H groups in total. The van der Waals surface area contributed by atoms with Gasteiger partial charge in [-0.25, -0.2) is 14.4 Å². The molecule has 170 valence electrons. The predicted octanol–water partition coefficient (Wildman–Crippen LogP) is 3.59. The fraction of sp³-hybridized carbons (Fsp3) is 0.250. The van der Waals surface area contributed by atoms with Crippen LogP contribution >= 0.6 is 11.6 Å². The van der Waals surface area contributed by atoms with Crippen LogP contribution in [0.1, 0.15) is 48.1 Å². The molecule has 0 aliphatic carbocycles. The Morgan fingerprint density at radius 3 is 2.39 bits per heavy atom. The first-order valence-corrected chi connectivity index (χ1v) is 10.9. The van der Waals surface area contributed by atoms with E-state index in [1.54, 1.807) is 43.3 Å². The lowest BCUT2D eigenvalue weighted by Gasteiger charge is -2.21. The molecule has 8 nitrogen and oxygen atoms in total. The molecule has 0 bridgehead atoms. The van der Waals surface area contributed by atoms with Crippen LogP contribution in [-0.4, -0.2) is 31.3 Å². The standard InChI is InChI=1S/C24H23ClN4O4/c1-4-20(30)29-19(15-5-7-16(25)8-6-15)12-18(27-29)21-22(31)26-24(33)28(23(21)32)17-10-13(2)9-14(3)11-17/h5-11,19,32H,4,12H2,1-3H3,(H,26,31,33)/t19-/m0/s1. The number of aromatic hydroxyl groups is 1. The molecule has 1 aliphatic rings. The number of benzene rings is 2. The van der Waals surface area contributed by atoms with Crippen molar-refractivity contribution in [2.24, 2.45) is 5.10 Å². The van der Waals surface area contributed by atoms with Gasteiger partial charge in [0.2, 0.25) is 11.8 Å². The molecule has 9 heteroatoms. The Labute approximate surface area is 194 Å². The summed E-state index contributed by atoms with van der Waals surface area (Å²) >= 11 is 6.00. The zero-order valence-corrected chi connectivity index (χ0v) is 19.2. The Bertz CT molecular complexity index is 1370. The zero-order valence-electron chi connectivity index (χ0n) is 18.4. The van der Waals surface area contributed by atoms with E-state index in [0.717, 1.165) is 21.3 Å². The number of H-pyrrole nitrogens is 1. The van der Waals surface area contributed by atoms with Gasteiger partial charge in [0.15, 0.2) is 0 Å². The topological polar surface area (TPSA) is 108 Å². The first-order valence-electron chi connectivity index (χ1n) is 10.5. The molecule has 1 aromatic heterocycles. The fourth-order valence-electron chi connectivity index (χ4n) is 4.10. The molecule has 33 heavy (non-hydrogen) atoms. The lowest BCUT2D eigenvalue weighted by atomic mass is 9.99. The number of hydrazone groups is 1. The molecule has 1 amide bonds. The average Bonchev–Trinajstić information content (AvgIpc) is 3.17. The van der Waals surface area contributed by atoms with Gasteiger partial charge in [-0.3, -0.25) is 14.6 Å². The second-order valence-electron chi connectivity index (χ2n) is 8.05. The molecular weight excluding hydrogens is 444 g/mol. The van der Waals surface area contributed by atoms with Crippen LogP contribution in [-0.2, 0) is 4.79 Å². The SMILES string of the molecule is CCC(=O)N1N=C(c2c(O)n(-c3cc(C)cc(C)c3)c(=O)[nH]c2=O)C[C@H]1c1ccc(Cl)cc1. The van der Waals surface area contributed by atoms with Crippen LogP contribution in [0.5, 0.6) is 5.88 Å². The van der Waals surface area contributed by atoms with Crippen LogP contribution in [0.15, 0.2) is 57.2 Å². The molecule has 2 aromatic carbocycles. The summed E-state index contributed by atoms with van der Waals surface area (Å²) in [7, 11) is 0. The third-order valence-corrected chi connectivity index (χ3v) is 5.81. The minimum atomic E-state index is -0.766. The summed E-state index contributed by atoms with van der Waals surface area (Å²) in [4.78, 5) is 40.3. The Balaban J connectivity index is 1.86. The van der Waals surface area contributed by atoms with Crippen molar-refractivity contribution in [2.75, 3.05) is 0 Å². The normalized spacial score (nSPS) is 15.6. The van der Waals surface area contributed by atoms with Crippen molar-refractivity contribution < 1.29 is 9.90 Å². The maximum Gasteiger partial charge on any atom is 0.335 e. The summed E-state index contributed by atoms with van der Waals surface area (Å²) in [5.41, 5.74) is 1.54. The van der Waals surface area contributed by atoms with Crippen LogP contribution in [0.25, 0.3) is 5.69 Å². The number of aromatic nitrogens is 2. The quantitative estimate of drug-likeness (QED) is 0.612. The number of aryl methyl sites for hydroxylation is 2. The van der Waals surface area contributed by atoms with E-state index in [4.69, 9.17) is 11.6 Å². The fourth-order valence-corrected chi connectivity index (χ4v) is 4.23. The van der Waals surface area contributed by atoms with E-state index in [-0.39, 0.29) is 30.0 Å². The zero-order chi connectivity index (χ0) is 23.9. The van der Waals surface area contributed by atoms with Crippen molar-refractivity contribution in [2.45, 2.75) is 39.7 Å². The molecule has 2 heterocycles. The number of nitrogens with zero attached hydrogens (tertiary/aromatic N) is 3. The van der Waals surface area contributed by atoms with Gasteiger partial charge < -0.3 is 5.11 Å². The highest BCUT2D eigenvalue weighted by molar-refractivity contribution is 6.30. The maximum absolute atomic E-state index is 12.8. The summed E-state index contributed by atoms with van der Waals surface area (Å²) in [6.07, 6.45) is 0.403. The second-order valence-corrected chi connectivity index (χ2v) is 8.49. The summed E-state index contributed by atoms with van der Waals surface area (Å²) in [5, 5.41) is 17.3. The third kappa shape index (κ3) is 4.21. The van der Waals surface area contributed by atoms with Crippen molar-refractivity contribution in [1.29, 1.82) is 0 Å². The molecule has 0 unspecified atom stereocenters. The van der Waals surface area contributed by atoms with Gasteiger partial charge in [-0.2, -0.15) is 5.10 Å². The first-order chi connectivity index (χ1) is 15.7. The number of rotatable bonds is 4. The molecule has 3 aromatic rings. The van der Waals surface area contributed by atoms with Gasteiger partial charge in [-0.15, -0.1) is 0 Å². The van der Waals surface area contributed by atoms with Crippen molar-refractivity contribution in [3.05, 3.63) is 90.6 Å². The molecule has 0 fully saturated rings. The third-order valence-electron chi connectivity index (χ3n) is 5.56. The van der Waals surface area contributed by atoms with Gasteiger partial charge in [0.1, 0.15) is 5.56 Å². The van der Waals surface area contributed by atoms with E-state index in [2.05, 4.69) is 10.1 Å². The Morgan fingerprint density at radius 1 is 1.15 bits per heavy atom. The van der Waals surface area contributed by atoms with Crippen molar-refractivity contribution in [3.8, 4) is 11.6 Å². The maximum atomic E-state index is 12.8. The lowest BCUT2D eigenvalue weighted by Crippen LogP contribution is -2.33. The van der Waals surface area contributed by atoms with Crippen molar-refractivity contribution >= 4 is 23.2 Å². The van der Waals surface area contributed by atoms with Crippen LogP contribution in [0.4, 0.5) is 0 Å². The van der Waals surface area contributed by atoms with Gasteiger partial charge in [-0.1, -0.05) is 36.7 Å². The first kappa shape index (κ1) is 22.5. The van der Waals surface area contributed by atoms with E-state index in [1.807, 2.05) is 19.9 Å². The molecule has 1 atom stereocenters. The smallest absolute Gasteiger partial charge is 0.335 e. The van der Waals surface area contributed by atoms with E-state index in [0.29, 0.717) is 10.7 Å². The molecule has 0 radical (unpaired) electrons. The van der Waals surface area contributed by atoms with Crippen LogP contribution in [0.3, 0.4) is 0 Å². The largest absolute Gasteiger partial charge is 0.493 e. The van der Waals surface area contributed by atoms with Crippen LogP contribution < -0.4 is 11.2 Å². The van der Waals surface area contributed by atoms with Crippen molar-refractivity contribution in [3.63, 3.8) is 0 Å². The molecular formula is C24H23ClN4O4. The number of hydrogen-bond acceptors (Lipinski definition) is 5. The van der Waals surface area contributed by atoms with E-state index in [1.165, 1.54) is 5.01 Å². The summed E-state index contributed by atoms with van der Waals surface area (Å²) in [5.74, 6) is -0.753.